The molecule has 0 fully saturated rings. The first-order valence-corrected chi connectivity index (χ1v) is 8.14. The van der Waals surface area contributed by atoms with Crippen molar-refractivity contribution in [1.29, 1.82) is 0 Å². The molecule has 3 aromatic carbocycles. The number of benzene rings is 3. The number of rotatable bonds is 5. The smallest absolute Gasteiger partial charge is 0.255 e. The first-order chi connectivity index (χ1) is 12.7. The zero-order chi connectivity index (χ0) is 18.4. The summed E-state index contributed by atoms with van der Waals surface area (Å²) in [6, 6.07) is 25.1. The first kappa shape index (κ1) is 17.4. The topological polar surface area (TPSA) is 78.4 Å². The van der Waals surface area contributed by atoms with Crippen LogP contribution in [0.15, 0.2) is 84.9 Å². The second-order valence-electron chi connectivity index (χ2n) is 5.77. The van der Waals surface area contributed by atoms with Gasteiger partial charge >= 0.3 is 0 Å². The van der Waals surface area contributed by atoms with Gasteiger partial charge in [-0.1, -0.05) is 60.7 Å². The van der Waals surface area contributed by atoms with Gasteiger partial charge in [0.25, 0.3) is 11.8 Å². The van der Waals surface area contributed by atoms with E-state index in [9.17, 15) is 9.59 Å². The third-order valence-electron chi connectivity index (χ3n) is 4.02. The summed E-state index contributed by atoms with van der Waals surface area (Å²) in [5.74, 6) is -1.46. The molecule has 0 spiro atoms. The highest BCUT2D eigenvalue weighted by atomic mass is 16.5. The molecule has 26 heavy (non-hydrogen) atoms. The van der Waals surface area contributed by atoms with E-state index in [1.54, 1.807) is 54.0 Å². The second kappa shape index (κ2) is 8.09. The quantitative estimate of drug-likeness (QED) is 0.488. The molecular weight excluding hydrogens is 328 g/mol. The Labute approximate surface area is 151 Å². The van der Waals surface area contributed by atoms with Gasteiger partial charge in [-0.2, -0.15) is 0 Å². The van der Waals surface area contributed by atoms with Crippen molar-refractivity contribution >= 4 is 17.5 Å². The van der Waals surface area contributed by atoms with E-state index in [4.69, 9.17) is 5.21 Å². The number of carbonyl (C=O) groups is 2. The summed E-state index contributed by atoms with van der Waals surface area (Å²) in [5.41, 5.74) is 4.24. The number of nitrogens with one attached hydrogen (secondary N) is 2. The van der Waals surface area contributed by atoms with Gasteiger partial charge in [0.2, 0.25) is 0 Å². The molecule has 0 aromatic heterocycles. The minimum Gasteiger partial charge on any atom is -0.322 e. The van der Waals surface area contributed by atoms with Gasteiger partial charge in [0.15, 0.2) is 0 Å². The molecule has 3 aromatic rings. The lowest BCUT2D eigenvalue weighted by atomic mass is 9.90. The molecule has 0 radical (unpaired) electrons. The van der Waals surface area contributed by atoms with Crippen LogP contribution in [0.3, 0.4) is 0 Å². The number of hydroxylamine groups is 1. The number of amides is 2. The van der Waals surface area contributed by atoms with Gasteiger partial charge in [0.05, 0.1) is 5.92 Å². The molecule has 0 aliphatic rings. The highest BCUT2D eigenvalue weighted by Gasteiger charge is 2.22. The summed E-state index contributed by atoms with van der Waals surface area (Å²) in [5, 5.41) is 12.0. The maximum Gasteiger partial charge on any atom is 0.255 e. The molecule has 0 bridgehead atoms. The van der Waals surface area contributed by atoms with Gasteiger partial charge < -0.3 is 5.32 Å². The number of carbonyl (C=O) groups excluding carboxylic acids is 2. The fraction of sp³-hybridized carbons (Fsp3) is 0.0476. The van der Waals surface area contributed by atoms with E-state index in [0.717, 1.165) is 5.56 Å². The van der Waals surface area contributed by atoms with Gasteiger partial charge in [-0.25, -0.2) is 5.48 Å². The molecular formula is C21H18N2O3. The van der Waals surface area contributed by atoms with Crippen LogP contribution in [-0.2, 0) is 4.79 Å². The van der Waals surface area contributed by atoms with Gasteiger partial charge in [-0.3, -0.25) is 14.8 Å². The van der Waals surface area contributed by atoms with Crippen LogP contribution in [0.4, 0.5) is 5.69 Å². The summed E-state index contributed by atoms with van der Waals surface area (Å²) in [6.07, 6.45) is 0. The van der Waals surface area contributed by atoms with Crippen molar-refractivity contribution in [3.05, 3.63) is 102 Å². The average Bonchev–Trinajstić information content (AvgIpc) is 2.70. The lowest BCUT2D eigenvalue weighted by Gasteiger charge is -2.17. The standard InChI is InChI=1S/C21H18N2O3/c24-20(16-10-5-2-6-11-16)22-18-13-7-12-17(14-18)19(21(25)23-26)15-8-3-1-4-9-15/h1-14,19,26H,(H,22,24)(H,23,25). The van der Waals surface area contributed by atoms with Crippen LogP contribution in [0.5, 0.6) is 0 Å². The van der Waals surface area contributed by atoms with E-state index < -0.39 is 11.8 Å². The van der Waals surface area contributed by atoms with Gasteiger partial charge in [0, 0.05) is 11.3 Å². The third kappa shape index (κ3) is 3.96. The average molecular weight is 346 g/mol. The summed E-state index contributed by atoms with van der Waals surface area (Å²) in [6.45, 7) is 0. The molecule has 2 amide bonds. The lowest BCUT2D eigenvalue weighted by Crippen LogP contribution is -2.27. The molecule has 1 unspecified atom stereocenters. The van der Waals surface area contributed by atoms with Crippen LogP contribution in [0.25, 0.3) is 0 Å². The molecule has 3 rings (SSSR count). The fourth-order valence-electron chi connectivity index (χ4n) is 2.79. The SMILES string of the molecule is O=C(Nc1cccc(C(C(=O)NO)c2ccccc2)c1)c1ccccc1. The van der Waals surface area contributed by atoms with Crippen LogP contribution in [-0.4, -0.2) is 17.0 Å². The minimum atomic E-state index is -0.685. The van der Waals surface area contributed by atoms with Crippen molar-refractivity contribution < 1.29 is 14.8 Å². The van der Waals surface area contributed by atoms with Crippen molar-refractivity contribution in [2.45, 2.75) is 5.92 Å². The molecule has 3 N–H and O–H groups in total. The van der Waals surface area contributed by atoms with Crippen LogP contribution >= 0.6 is 0 Å². The monoisotopic (exact) mass is 346 g/mol. The Bertz CT molecular complexity index is 895. The van der Waals surface area contributed by atoms with Gasteiger partial charge in [-0.05, 0) is 35.4 Å². The van der Waals surface area contributed by atoms with E-state index in [2.05, 4.69) is 5.32 Å². The minimum absolute atomic E-state index is 0.231. The van der Waals surface area contributed by atoms with Gasteiger partial charge in [0.1, 0.15) is 0 Å². The number of hydrogen-bond donors (Lipinski definition) is 3. The Morgan fingerprint density at radius 1 is 0.769 bits per heavy atom. The second-order valence-corrected chi connectivity index (χ2v) is 5.77. The predicted octanol–water partition coefficient (Wildman–Crippen LogP) is 3.58. The van der Waals surface area contributed by atoms with Crippen LogP contribution in [0.1, 0.15) is 27.4 Å². The summed E-state index contributed by atoms with van der Waals surface area (Å²) in [4.78, 5) is 24.5. The van der Waals surface area contributed by atoms with Crippen LogP contribution in [0, 0.1) is 0 Å². The Balaban J connectivity index is 1.89. The Hall–Kier alpha value is -3.44. The molecule has 130 valence electrons. The Morgan fingerprint density at radius 2 is 1.38 bits per heavy atom. The van der Waals surface area contributed by atoms with Crippen molar-refractivity contribution in [3.8, 4) is 0 Å². The molecule has 1 atom stereocenters. The fourth-order valence-corrected chi connectivity index (χ4v) is 2.79. The molecule has 0 aliphatic carbocycles. The first-order valence-electron chi connectivity index (χ1n) is 8.14. The molecule has 5 heteroatoms. The highest BCUT2D eigenvalue weighted by molar-refractivity contribution is 6.04. The largest absolute Gasteiger partial charge is 0.322 e. The van der Waals surface area contributed by atoms with Gasteiger partial charge in [-0.15, -0.1) is 0 Å². The lowest BCUT2D eigenvalue weighted by molar-refractivity contribution is -0.129. The highest BCUT2D eigenvalue weighted by Crippen LogP contribution is 2.27. The van der Waals surface area contributed by atoms with E-state index in [0.29, 0.717) is 16.8 Å². The maximum absolute atomic E-state index is 12.3. The van der Waals surface area contributed by atoms with Crippen LogP contribution < -0.4 is 10.8 Å². The normalized spacial score (nSPS) is 11.4. The van der Waals surface area contributed by atoms with E-state index in [1.807, 2.05) is 36.4 Å². The number of hydrogen-bond acceptors (Lipinski definition) is 3. The molecule has 5 nitrogen and oxygen atoms in total. The molecule has 0 saturated heterocycles. The Kier molecular flexibility index (Phi) is 5.41. The summed E-state index contributed by atoms with van der Waals surface area (Å²) >= 11 is 0. The van der Waals surface area contributed by atoms with Crippen molar-refractivity contribution in [3.63, 3.8) is 0 Å². The summed E-state index contributed by atoms with van der Waals surface area (Å²) in [7, 11) is 0. The summed E-state index contributed by atoms with van der Waals surface area (Å²) < 4.78 is 0. The van der Waals surface area contributed by atoms with Crippen molar-refractivity contribution in [2.75, 3.05) is 5.32 Å². The van der Waals surface area contributed by atoms with E-state index in [1.165, 1.54) is 0 Å². The van der Waals surface area contributed by atoms with E-state index >= 15 is 0 Å². The maximum atomic E-state index is 12.3. The zero-order valence-corrected chi connectivity index (χ0v) is 13.9. The third-order valence-corrected chi connectivity index (χ3v) is 4.02. The van der Waals surface area contributed by atoms with E-state index in [-0.39, 0.29) is 5.91 Å². The van der Waals surface area contributed by atoms with Crippen LogP contribution in [0.2, 0.25) is 0 Å². The molecule has 0 saturated carbocycles. The molecule has 0 aliphatic heterocycles. The number of anilines is 1. The zero-order valence-electron chi connectivity index (χ0n) is 13.9. The predicted molar refractivity (Wildman–Crippen MR) is 99.1 cm³/mol. The van der Waals surface area contributed by atoms with Crippen molar-refractivity contribution in [2.24, 2.45) is 0 Å². The van der Waals surface area contributed by atoms with Crippen molar-refractivity contribution in [1.82, 2.24) is 5.48 Å². The Morgan fingerprint density at radius 3 is 2.04 bits per heavy atom. The molecule has 0 heterocycles.